The molecule has 0 saturated carbocycles. The molecule has 0 aliphatic carbocycles. The molecule has 4 aromatic rings. The lowest BCUT2D eigenvalue weighted by molar-refractivity contribution is -0.385. The third-order valence-corrected chi connectivity index (χ3v) is 6.55. The van der Waals surface area contributed by atoms with Crippen molar-refractivity contribution in [3.05, 3.63) is 80.7 Å². The number of nitrogens with zero attached hydrogens (tertiary/aromatic N) is 8. The standard InChI is InChI=1S/C26H26N10O6/c1-16-12-18(8-9-21(16)36(39)40)26(38)41-19-7-5-6-17(13-19)14-28-30-25(37)22-20(15-34-10-3-2-4-11-34)29-33-35(22)24-23(27)31-42-32-24/h5-9,12-14H,2-4,10-11,15H2,1H3,(H2,27,31)(H,30,37)/b28-14+. The van der Waals surface area contributed by atoms with Crippen molar-refractivity contribution in [2.75, 3.05) is 18.8 Å². The van der Waals surface area contributed by atoms with Crippen LogP contribution in [0.4, 0.5) is 11.5 Å². The highest BCUT2D eigenvalue weighted by Gasteiger charge is 2.26. The molecule has 0 radical (unpaired) electrons. The summed E-state index contributed by atoms with van der Waals surface area (Å²) in [5.74, 6) is -1.11. The number of carbonyl (C=O) groups excluding carboxylic acids is 2. The number of amides is 1. The van der Waals surface area contributed by atoms with Gasteiger partial charge in [0.25, 0.3) is 11.6 Å². The Kier molecular flexibility index (Phi) is 8.24. The van der Waals surface area contributed by atoms with E-state index in [0.29, 0.717) is 23.4 Å². The van der Waals surface area contributed by atoms with E-state index in [4.69, 9.17) is 10.5 Å². The van der Waals surface area contributed by atoms with Gasteiger partial charge in [-0.1, -0.05) is 23.8 Å². The quantitative estimate of drug-likeness (QED) is 0.0970. The van der Waals surface area contributed by atoms with Gasteiger partial charge in [-0.15, -0.1) is 5.10 Å². The fraction of sp³-hybridized carbons (Fsp3) is 0.269. The summed E-state index contributed by atoms with van der Waals surface area (Å²) in [6.07, 6.45) is 4.64. The summed E-state index contributed by atoms with van der Waals surface area (Å²) in [4.78, 5) is 38.6. The second-order valence-corrected chi connectivity index (χ2v) is 9.53. The Morgan fingerprint density at radius 1 is 1.19 bits per heavy atom. The van der Waals surface area contributed by atoms with Crippen LogP contribution in [-0.4, -0.2) is 66.3 Å². The molecule has 0 bridgehead atoms. The Hall–Kier alpha value is -5.51. The molecule has 3 N–H and O–H groups in total. The summed E-state index contributed by atoms with van der Waals surface area (Å²) in [5, 5.41) is 30.6. The van der Waals surface area contributed by atoms with E-state index in [9.17, 15) is 19.7 Å². The van der Waals surface area contributed by atoms with E-state index in [0.717, 1.165) is 37.0 Å². The summed E-state index contributed by atoms with van der Waals surface area (Å²) < 4.78 is 11.3. The number of ether oxygens (including phenoxy) is 1. The number of benzene rings is 2. The minimum Gasteiger partial charge on any atom is -0.423 e. The minimum absolute atomic E-state index is 0.0271. The second kappa shape index (κ2) is 12.3. The third kappa shape index (κ3) is 6.28. The lowest BCUT2D eigenvalue weighted by Crippen LogP contribution is -2.31. The van der Waals surface area contributed by atoms with Gasteiger partial charge in [-0.2, -0.15) is 9.78 Å². The summed E-state index contributed by atoms with van der Waals surface area (Å²) in [7, 11) is 0. The Morgan fingerprint density at radius 2 is 2.00 bits per heavy atom. The number of hydrogen-bond donors (Lipinski definition) is 2. The number of aromatic nitrogens is 5. The van der Waals surface area contributed by atoms with Crippen molar-refractivity contribution in [2.45, 2.75) is 32.7 Å². The van der Waals surface area contributed by atoms with Gasteiger partial charge in [0.05, 0.1) is 16.7 Å². The fourth-order valence-electron chi connectivity index (χ4n) is 4.49. The van der Waals surface area contributed by atoms with Gasteiger partial charge in [-0.3, -0.25) is 19.8 Å². The Morgan fingerprint density at radius 3 is 2.71 bits per heavy atom. The van der Waals surface area contributed by atoms with Crippen LogP contribution in [-0.2, 0) is 6.54 Å². The molecule has 1 aliphatic heterocycles. The average molecular weight is 575 g/mol. The first kappa shape index (κ1) is 28.0. The first-order chi connectivity index (χ1) is 20.3. The topological polar surface area (TPSA) is 210 Å². The lowest BCUT2D eigenvalue weighted by Gasteiger charge is -2.25. The molecule has 0 atom stereocenters. The normalized spacial score (nSPS) is 13.7. The van der Waals surface area contributed by atoms with Crippen molar-refractivity contribution in [1.82, 2.24) is 35.6 Å². The molecule has 42 heavy (non-hydrogen) atoms. The molecular formula is C26H26N10O6. The number of aryl methyl sites for hydroxylation is 1. The monoisotopic (exact) mass is 574 g/mol. The molecule has 0 spiro atoms. The van der Waals surface area contributed by atoms with Crippen molar-refractivity contribution in [3.8, 4) is 11.6 Å². The number of hydrazone groups is 1. The number of hydrogen-bond acceptors (Lipinski definition) is 13. The van der Waals surface area contributed by atoms with Crippen LogP contribution in [0.5, 0.6) is 5.75 Å². The summed E-state index contributed by atoms with van der Waals surface area (Å²) in [6.45, 7) is 3.70. The molecule has 2 aromatic carbocycles. The van der Waals surface area contributed by atoms with E-state index in [1.807, 2.05) is 0 Å². The van der Waals surface area contributed by atoms with Crippen LogP contribution >= 0.6 is 0 Å². The number of anilines is 1. The maximum atomic E-state index is 13.3. The number of nitrogen functional groups attached to an aromatic ring is 1. The molecule has 1 fully saturated rings. The predicted octanol–water partition coefficient (Wildman–Crippen LogP) is 2.42. The zero-order chi connectivity index (χ0) is 29.6. The van der Waals surface area contributed by atoms with Gasteiger partial charge in [-0.25, -0.2) is 14.8 Å². The highest BCUT2D eigenvalue weighted by molar-refractivity contribution is 5.95. The number of esters is 1. The third-order valence-electron chi connectivity index (χ3n) is 6.55. The molecule has 5 rings (SSSR count). The molecule has 1 aliphatic rings. The SMILES string of the molecule is Cc1cc(C(=O)Oc2cccc(/C=N/NC(=O)c3c(CN4CCCCC4)nnn3-c3nonc3N)c2)ccc1[N+](=O)[O-]. The van der Waals surface area contributed by atoms with E-state index in [2.05, 4.69) is 40.7 Å². The van der Waals surface area contributed by atoms with Crippen LogP contribution < -0.4 is 15.9 Å². The lowest BCUT2D eigenvalue weighted by atomic mass is 10.1. The first-order valence-corrected chi connectivity index (χ1v) is 13.0. The molecule has 3 heterocycles. The van der Waals surface area contributed by atoms with E-state index in [-0.39, 0.29) is 34.3 Å². The molecule has 2 aromatic heterocycles. The summed E-state index contributed by atoms with van der Waals surface area (Å²) >= 11 is 0. The Balaban J connectivity index is 1.29. The summed E-state index contributed by atoms with van der Waals surface area (Å²) in [5.41, 5.74) is 9.73. The smallest absolute Gasteiger partial charge is 0.343 e. The molecule has 1 amide bonds. The highest BCUT2D eigenvalue weighted by atomic mass is 16.6. The fourth-order valence-corrected chi connectivity index (χ4v) is 4.49. The van der Waals surface area contributed by atoms with Crippen molar-refractivity contribution < 1.29 is 23.9 Å². The van der Waals surface area contributed by atoms with E-state index in [1.54, 1.807) is 24.3 Å². The number of nitrogens with two attached hydrogens (primary N) is 1. The molecule has 16 heteroatoms. The van der Waals surface area contributed by atoms with E-state index < -0.39 is 16.8 Å². The number of carbonyl (C=O) groups is 2. The van der Waals surface area contributed by atoms with Crippen LogP contribution in [0.1, 0.15) is 56.9 Å². The second-order valence-electron chi connectivity index (χ2n) is 9.53. The molecule has 1 saturated heterocycles. The number of nitrogens with one attached hydrogen (secondary N) is 1. The summed E-state index contributed by atoms with van der Waals surface area (Å²) in [6, 6.07) is 10.4. The van der Waals surface area contributed by atoms with Gasteiger partial charge < -0.3 is 10.5 Å². The zero-order valence-corrected chi connectivity index (χ0v) is 22.5. The van der Waals surface area contributed by atoms with Gasteiger partial charge in [-0.05, 0) is 73.0 Å². The average Bonchev–Trinajstić information content (AvgIpc) is 3.59. The van der Waals surface area contributed by atoms with E-state index in [1.165, 1.54) is 31.3 Å². The van der Waals surface area contributed by atoms with Crippen molar-refractivity contribution in [3.63, 3.8) is 0 Å². The van der Waals surface area contributed by atoms with Crippen molar-refractivity contribution in [2.24, 2.45) is 5.10 Å². The van der Waals surface area contributed by atoms with Crippen molar-refractivity contribution in [1.29, 1.82) is 0 Å². The minimum atomic E-state index is -0.681. The van der Waals surface area contributed by atoms with Crippen LogP contribution in [0.2, 0.25) is 0 Å². The molecule has 216 valence electrons. The van der Waals surface area contributed by atoms with Crippen LogP contribution in [0.3, 0.4) is 0 Å². The van der Waals surface area contributed by atoms with Crippen LogP contribution in [0.15, 0.2) is 52.2 Å². The number of piperidine rings is 1. The van der Waals surface area contributed by atoms with Crippen molar-refractivity contribution >= 4 is 29.6 Å². The van der Waals surface area contributed by atoms with Crippen LogP contribution in [0, 0.1) is 17.0 Å². The molecular weight excluding hydrogens is 548 g/mol. The largest absolute Gasteiger partial charge is 0.423 e. The highest BCUT2D eigenvalue weighted by Crippen LogP contribution is 2.21. The van der Waals surface area contributed by atoms with E-state index >= 15 is 0 Å². The molecule has 0 unspecified atom stereocenters. The molecule has 16 nitrogen and oxygen atoms in total. The Bertz CT molecular complexity index is 1660. The maximum Gasteiger partial charge on any atom is 0.343 e. The number of rotatable bonds is 9. The maximum absolute atomic E-state index is 13.3. The number of likely N-dealkylation sites (tertiary alicyclic amines) is 1. The number of nitro benzene ring substituents is 1. The van der Waals surface area contributed by atoms with Gasteiger partial charge in [0.15, 0.2) is 5.69 Å². The van der Waals surface area contributed by atoms with Crippen LogP contribution in [0.25, 0.3) is 5.82 Å². The van der Waals surface area contributed by atoms with Gasteiger partial charge >= 0.3 is 5.97 Å². The van der Waals surface area contributed by atoms with Gasteiger partial charge in [0.2, 0.25) is 11.6 Å². The number of nitro groups is 1. The first-order valence-electron chi connectivity index (χ1n) is 13.0. The zero-order valence-electron chi connectivity index (χ0n) is 22.5. The predicted molar refractivity (Wildman–Crippen MR) is 147 cm³/mol. The van der Waals surface area contributed by atoms with Gasteiger partial charge in [0.1, 0.15) is 11.4 Å². The van der Waals surface area contributed by atoms with Gasteiger partial charge in [0, 0.05) is 18.2 Å². The Labute approximate surface area is 238 Å².